The number of rotatable bonds is 6. The van der Waals surface area contributed by atoms with Gasteiger partial charge in [-0.25, -0.2) is 4.98 Å². The average Bonchev–Trinajstić information content (AvgIpc) is 2.46. The number of hydrogen-bond donors (Lipinski definition) is 0. The molecule has 2 aromatic heterocycles. The molecule has 0 aliphatic carbocycles. The number of hydrogen-bond acceptors (Lipinski definition) is 4. The van der Waals surface area contributed by atoms with Crippen molar-refractivity contribution < 1.29 is 9.47 Å². The number of pyridine rings is 2. The molecule has 2 heterocycles. The van der Waals surface area contributed by atoms with E-state index in [-0.39, 0.29) is 0 Å². The smallest absolute Gasteiger partial charge is 0.213 e. The van der Waals surface area contributed by atoms with E-state index in [0.29, 0.717) is 34.3 Å². The molecule has 0 spiro atoms. The van der Waals surface area contributed by atoms with Crippen LogP contribution in [0.5, 0.6) is 5.88 Å². The van der Waals surface area contributed by atoms with Crippen molar-refractivity contribution in [2.45, 2.75) is 19.8 Å². The lowest BCUT2D eigenvalue weighted by Crippen LogP contribution is -1.99. The van der Waals surface area contributed by atoms with Crippen LogP contribution in [0, 0.1) is 0 Å². The summed E-state index contributed by atoms with van der Waals surface area (Å²) in [6.45, 7) is 6.66. The molecule has 0 aliphatic rings. The van der Waals surface area contributed by atoms with Gasteiger partial charge in [0.2, 0.25) is 5.88 Å². The predicted molar refractivity (Wildman–Crippen MR) is 81.0 cm³/mol. The number of methoxy groups -OCH3 is 1. The van der Waals surface area contributed by atoms with Crippen LogP contribution < -0.4 is 4.74 Å². The molecule has 0 amide bonds. The van der Waals surface area contributed by atoms with Gasteiger partial charge in [-0.2, -0.15) is 0 Å². The summed E-state index contributed by atoms with van der Waals surface area (Å²) < 4.78 is 10.8. The fraction of sp³-hybridized carbons (Fsp3) is 0.333. The summed E-state index contributed by atoms with van der Waals surface area (Å²) in [4.78, 5) is 8.64. The van der Waals surface area contributed by atoms with Gasteiger partial charge in [-0.1, -0.05) is 31.5 Å². The van der Waals surface area contributed by atoms with Crippen LogP contribution in [-0.4, -0.2) is 23.7 Å². The topological polar surface area (TPSA) is 44.2 Å². The van der Waals surface area contributed by atoms with E-state index in [2.05, 4.69) is 23.5 Å². The summed E-state index contributed by atoms with van der Waals surface area (Å²) in [6.07, 6.45) is 3.61. The second-order valence-electron chi connectivity index (χ2n) is 4.33. The minimum atomic E-state index is 0.472. The zero-order valence-electron chi connectivity index (χ0n) is 11.6. The molecule has 0 saturated carbocycles. The van der Waals surface area contributed by atoms with Crippen molar-refractivity contribution >= 4 is 28.4 Å². The Morgan fingerprint density at radius 1 is 1.40 bits per heavy atom. The molecule has 0 fully saturated rings. The molecule has 0 aromatic carbocycles. The van der Waals surface area contributed by atoms with Gasteiger partial charge in [-0.05, 0) is 12.5 Å². The van der Waals surface area contributed by atoms with Crippen LogP contribution in [0.4, 0.5) is 0 Å². The third-order valence-corrected chi connectivity index (χ3v) is 3.19. The zero-order valence-corrected chi connectivity index (χ0v) is 12.4. The highest BCUT2D eigenvalue weighted by Gasteiger charge is 2.14. The molecular formula is C15H17ClN2O2. The van der Waals surface area contributed by atoms with E-state index < -0.39 is 0 Å². The Morgan fingerprint density at radius 3 is 2.90 bits per heavy atom. The number of fused-ring (bicyclic) bond motifs is 1. The lowest BCUT2D eigenvalue weighted by molar-refractivity contribution is 0.271. The van der Waals surface area contributed by atoms with Gasteiger partial charge >= 0.3 is 0 Å². The minimum absolute atomic E-state index is 0.472. The highest BCUT2D eigenvalue weighted by Crippen LogP contribution is 2.30. The van der Waals surface area contributed by atoms with E-state index in [9.17, 15) is 0 Å². The van der Waals surface area contributed by atoms with Crippen molar-refractivity contribution in [3.63, 3.8) is 0 Å². The maximum Gasteiger partial charge on any atom is 0.213 e. The van der Waals surface area contributed by atoms with Gasteiger partial charge in [-0.3, -0.25) is 4.98 Å². The van der Waals surface area contributed by atoms with Gasteiger partial charge < -0.3 is 9.47 Å². The Balaban J connectivity index is 2.44. The summed E-state index contributed by atoms with van der Waals surface area (Å²) in [6, 6.07) is 3.59. The van der Waals surface area contributed by atoms with Gasteiger partial charge in [0.1, 0.15) is 11.3 Å². The molecule has 0 unspecified atom stereocenters. The number of ether oxygens (including phenoxy) is 2. The standard InChI is InChI=1S/C15H17ClN2O2/c1-4-5-8-20-10(2)14-11(16)9-17-12-6-7-13(19-3)18-15(12)14/h6-7,9H,2,4-5,8H2,1,3H3. The first-order valence-electron chi connectivity index (χ1n) is 6.48. The molecule has 2 aromatic rings. The fourth-order valence-corrected chi connectivity index (χ4v) is 2.06. The maximum atomic E-state index is 6.22. The first kappa shape index (κ1) is 14.6. The Morgan fingerprint density at radius 2 is 2.20 bits per heavy atom. The molecule has 0 atom stereocenters. The Kier molecular flexibility index (Phi) is 4.79. The minimum Gasteiger partial charge on any atom is -0.493 e. The van der Waals surface area contributed by atoms with E-state index in [4.69, 9.17) is 21.1 Å². The van der Waals surface area contributed by atoms with Gasteiger partial charge in [0, 0.05) is 12.3 Å². The second-order valence-corrected chi connectivity index (χ2v) is 4.73. The monoisotopic (exact) mass is 292 g/mol. The Labute approximate surface area is 123 Å². The van der Waals surface area contributed by atoms with E-state index >= 15 is 0 Å². The summed E-state index contributed by atoms with van der Waals surface area (Å²) in [5.74, 6) is 1.01. The van der Waals surface area contributed by atoms with Gasteiger partial charge in [0.15, 0.2) is 0 Å². The Hall–Kier alpha value is -1.81. The van der Waals surface area contributed by atoms with Crippen molar-refractivity contribution in [3.05, 3.63) is 35.5 Å². The maximum absolute atomic E-state index is 6.22. The van der Waals surface area contributed by atoms with Crippen LogP contribution >= 0.6 is 11.6 Å². The van der Waals surface area contributed by atoms with Gasteiger partial charge in [-0.15, -0.1) is 0 Å². The number of aromatic nitrogens is 2. The van der Waals surface area contributed by atoms with Gasteiger partial charge in [0.05, 0.1) is 29.8 Å². The molecule has 106 valence electrons. The normalized spacial score (nSPS) is 10.6. The van der Waals surface area contributed by atoms with Crippen molar-refractivity contribution in [1.82, 2.24) is 9.97 Å². The molecule has 20 heavy (non-hydrogen) atoms. The van der Waals surface area contributed by atoms with Crippen molar-refractivity contribution in [2.75, 3.05) is 13.7 Å². The molecule has 0 radical (unpaired) electrons. The third kappa shape index (κ3) is 3.02. The molecule has 0 aliphatic heterocycles. The van der Waals surface area contributed by atoms with E-state index in [1.807, 2.05) is 6.07 Å². The first-order valence-corrected chi connectivity index (χ1v) is 6.86. The van der Waals surface area contributed by atoms with Crippen LogP contribution in [0.3, 0.4) is 0 Å². The molecule has 0 N–H and O–H groups in total. The fourth-order valence-electron chi connectivity index (χ4n) is 1.82. The van der Waals surface area contributed by atoms with Crippen molar-refractivity contribution in [1.29, 1.82) is 0 Å². The van der Waals surface area contributed by atoms with Crippen molar-refractivity contribution in [2.24, 2.45) is 0 Å². The Bertz CT molecular complexity index is 629. The average molecular weight is 293 g/mol. The van der Waals surface area contributed by atoms with Crippen molar-refractivity contribution in [3.8, 4) is 5.88 Å². The van der Waals surface area contributed by atoms with Crippen LogP contribution in [0.15, 0.2) is 24.9 Å². The number of halogens is 1. The second kappa shape index (κ2) is 6.57. The summed E-state index contributed by atoms with van der Waals surface area (Å²) >= 11 is 6.22. The molecule has 5 heteroatoms. The molecule has 4 nitrogen and oxygen atoms in total. The quantitative estimate of drug-likeness (QED) is 0.594. The highest BCUT2D eigenvalue weighted by atomic mass is 35.5. The molecular weight excluding hydrogens is 276 g/mol. The SMILES string of the molecule is C=C(OCCCC)c1c(Cl)cnc2ccc(OC)nc12. The third-order valence-electron chi connectivity index (χ3n) is 2.90. The van der Waals surface area contributed by atoms with Crippen LogP contribution in [0.1, 0.15) is 25.3 Å². The largest absolute Gasteiger partial charge is 0.493 e. The molecule has 0 saturated heterocycles. The highest BCUT2D eigenvalue weighted by molar-refractivity contribution is 6.33. The summed E-state index contributed by atoms with van der Waals surface area (Å²) in [5, 5.41) is 0.472. The predicted octanol–water partition coefficient (Wildman–Crippen LogP) is 4.08. The molecule has 2 rings (SSSR count). The van der Waals surface area contributed by atoms with Crippen LogP contribution in [-0.2, 0) is 4.74 Å². The number of unbranched alkanes of at least 4 members (excludes halogenated alkanes) is 1. The first-order chi connectivity index (χ1) is 9.67. The summed E-state index contributed by atoms with van der Waals surface area (Å²) in [7, 11) is 1.57. The lowest BCUT2D eigenvalue weighted by atomic mass is 10.1. The van der Waals surface area contributed by atoms with Gasteiger partial charge in [0.25, 0.3) is 0 Å². The molecule has 0 bridgehead atoms. The summed E-state index contributed by atoms with van der Waals surface area (Å²) in [5.41, 5.74) is 2.04. The van der Waals surface area contributed by atoms with Crippen LogP contribution in [0.25, 0.3) is 16.8 Å². The number of nitrogens with zero attached hydrogens (tertiary/aromatic N) is 2. The van der Waals surface area contributed by atoms with E-state index in [0.717, 1.165) is 18.4 Å². The zero-order chi connectivity index (χ0) is 14.5. The van der Waals surface area contributed by atoms with E-state index in [1.165, 1.54) is 0 Å². The van der Waals surface area contributed by atoms with Crippen LogP contribution in [0.2, 0.25) is 5.02 Å². The lowest BCUT2D eigenvalue weighted by Gasteiger charge is -2.12. The van der Waals surface area contributed by atoms with E-state index in [1.54, 1.807) is 19.4 Å².